The predicted octanol–water partition coefficient (Wildman–Crippen LogP) is 18.7. The van der Waals surface area contributed by atoms with Crippen molar-refractivity contribution >= 4 is 80.9 Å². The summed E-state index contributed by atoms with van der Waals surface area (Å²) in [6, 6.07) is 93.2. The Bertz CT molecular complexity index is 4190. The Morgan fingerprint density at radius 2 is 0.754 bits per heavy atom. The first-order valence-electron chi connectivity index (χ1n) is 23.9. The van der Waals surface area contributed by atoms with Crippen LogP contribution in [-0.4, -0.2) is 0 Å². The molecule has 1 nitrogen and oxygen atoms in total. The van der Waals surface area contributed by atoms with Crippen LogP contribution in [0.2, 0.25) is 0 Å². The summed E-state index contributed by atoms with van der Waals surface area (Å²) >= 11 is 1.87. The normalized spacial score (nSPS) is 13.0. The topological polar surface area (TPSA) is 3.24 Å². The molecular formula is C67H41NS. The van der Waals surface area contributed by atoms with Crippen LogP contribution in [0.25, 0.3) is 97.0 Å². The average Bonchev–Trinajstić information content (AvgIpc) is 4.06. The number of hydrogen-bond donors (Lipinski definition) is 0. The van der Waals surface area contributed by atoms with E-state index in [9.17, 15) is 0 Å². The van der Waals surface area contributed by atoms with Crippen LogP contribution in [0, 0.1) is 0 Å². The third-order valence-corrected chi connectivity index (χ3v) is 16.4. The van der Waals surface area contributed by atoms with Crippen LogP contribution >= 0.6 is 11.3 Å². The highest BCUT2D eigenvalue weighted by atomic mass is 32.1. The molecule has 0 saturated heterocycles. The Morgan fingerprint density at radius 3 is 1.45 bits per heavy atom. The minimum atomic E-state index is -0.449. The van der Waals surface area contributed by atoms with Gasteiger partial charge in [0.05, 0.1) is 11.1 Å². The molecule has 2 aliphatic rings. The van der Waals surface area contributed by atoms with E-state index in [0.29, 0.717) is 0 Å². The van der Waals surface area contributed by atoms with Gasteiger partial charge in [-0.25, -0.2) is 0 Å². The highest BCUT2D eigenvalue weighted by molar-refractivity contribution is 7.25. The first-order chi connectivity index (χ1) is 34.2. The zero-order valence-corrected chi connectivity index (χ0v) is 38.3. The number of nitrogens with zero attached hydrogens (tertiary/aromatic N) is 1. The average molecular weight is 892 g/mol. The van der Waals surface area contributed by atoms with Gasteiger partial charge in [0, 0.05) is 37.1 Å². The van der Waals surface area contributed by atoms with Crippen molar-refractivity contribution in [3.05, 3.63) is 271 Å². The molecule has 2 heteroatoms. The first kappa shape index (κ1) is 38.5. The number of hydrogen-bond acceptors (Lipinski definition) is 2. The molecule has 69 heavy (non-hydrogen) atoms. The molecule has 13 aromatic rings. The monoisotopic (exact) mass is 891 g/mol. The summed E-state index contributed by atoms with van der Waals surface area (Å²) in [4.78, 5) is 2.52. The largest absolute Gasteiger partial charge is 0.310 e. The SMILES string of the molecule is c1cc(-c2ccc(N(c3ccc4c5ccccc5c5ccccc5c4c3)c3cccc4c3-c3ccccc3C43c4ccccc4-c4ccccc43)cc2)cc(-c2ccc3sc4ccccc4c3c2)c1. The third kappa shape index (κ3) is 5.46. The van der Waals surface area contributed by atoms with Crippen LogP contribution in [0.1, 0.15) is 22.3 Å². The fraction of sp³-hybridized carbons (Fsp3) is 0.0149. The maximum absolute atomic E-state index is 2.52. The molecule has 0 atom stereocenters. The Morgan fingerprint density at radius 1 is 0.275 bits per heavy atom. The molecular weight excluding hydrogens is 851 g/mol. The van der Waals surface area contributed by atoms with Crippen LogP contribution in [0.5, 0.6) is 0 Å². The van der Waals surface area contributed by atoms with Gasteiger partial charge < -0.3 is 4.90 Å². The second kappa shape index (κ2) is 14.7. The van der Waals surface area contributed by atoms with Crippen molar-refractivity contribution < 1.29 is 0 Å². The van der Waals surface area contributed by atoms with Gasteiger partial charge in [0.15, 0.2) is 0 Å². The van der Waals surface area contributed by atoms with Gasteiger partial charge in [0.25, 0.3) is 0 Å². The molecule has 1 aromatic heterocycles. The summed E-state index contributed by atoms with van der Waals surface area (Å²) in [6.45, 7) is 0. The Kier molecular flexibility index (Phi) is 8.22. The van der Waals surface area contributed by atoms with Crippen molar-refractivity contribution in [2.45, 2.75) is 5.41 Å². The number of anilines is 3. The van der Waals surface area contributed by atoms with Crippen molar-refractivity contribution in [1.82, 2.24) is 0 Å². The van der Waals surface area contributed by atoms with E-state index in [4.69, 9.17) is 0 Å². The van der Waals surface area contributed by atoms with E-state index in [1.165, 1.54) is 119 Å². The van der Waals surface area contributed by atoms with E-state index < -0.39 is 5.41 Å². The summed E-state index contributed by atoms with van der Waals surface area (Å²) in [6.07, 6.45) is 0. The molecule has 0 fully saturated rings. The van der Waals surface area contributed by atoms with Gasteiger partial charge in [0.2, 0.25) is 0 Å². The van der Waals surface area contributed by atoms with Crippen LogP contribution in [0.15, 0.2) is 249 Å². The molecule has 15 rings (SSSR count). The zero-order valence-electron chi connectivity index (χ0n) is 37.5. The quantitative estimate of drug-likeness (QED) is 0.156. The lowest BCUT2D eigenvalue weighted by molar-refractivity contribution is 0.794. The molecule has 0 aliphatic heterocycles. The van der Waals surface area contributed by atoms with Crippen molar-refractivity contribution in [2.24, 2.45) is 0 Å². The molecule has 12 aromatic carbocycles. The van der Waals surface area contributed by atoms with Crippen LogP contribution in [0.4, 0.5) is 17.1 Å². The molecule has 0 amide bonds. The van der Waals surface area contributed by atoms with Gasteiger partial charge in [0.1, 0.15) is 0 Å². The number of fused-ring (bicyclic) bond motifs is 19. The molecule has 0 unspecified atom stereocenters. The maximum atomic E-state index is 2.52. The van der Waals surface area contributed by atoms with Crippen molar-refractivity contribution in [1.29, 1.82) is 0 Å². The van der Waals surface area contributed by atoms with E-state index >= 15 is 0 Å². The van der Waals surface area contributed by atoms with E-state index in [0.717, 1.165) is 17.1 Å². The van der Waals surface area contributed by atoms with Crippen molar-refractivity contribution in [3.63, 3.8) is 0 Å². The van der Waals surface area contributed by atoms with Gasteiger partial charge in [-0.15, -0.1) is 11.3 Å². The molecule has 0 N–H and O–H groups in total. The van der Waals surface area contributed by atoms with Gasteiger partial charge in [-0.05, 0) is 148 Å². The molecule has 2 aliphatic carbocycles. The summed E-state index contributed by atoms with van der Waals surface area (Å²) in [5.41, 5.74) is 18.3. The van der Waals surface area contributed by atoms with Gasteiger partial charge in [-0.3, -0.25) is 0 Å². The third-order valence-electron chi connectivity index (χ3n) is 15.3. The molecule has 1 spiro atoms. The standard InChI is InChI=1S/C67H41NS/c1-2-19-50-48(17-1)49-18-3-4-20-51(49)57-41-47(36-37-52(50)57)68(46-34-31-42(32-35-46)43-15-13-16-44(39-43)45-33-38-65-58(40-45)55-23-8-12-30-64(55)69-65)63-29-14-28-62-66(63)56-24-7-11-27-61(56)67(62)59-25-9-5-21-53(59)54-22-6-10-26-60(54)67/h1-41H. The predicted molar refractivity (Wildman–Crippen MR) is 294 cm³/mol. The van der Waals surface area contributed by atoms with Crippen molar-refractivity contribution in [2.75, 3.05) is 4.90 Å². The smallest absolute Gasteiger partial charge is 0.0726 e. The molecule has 0 bridgehead atoms. The summed E-state index contributed by atoms with van der Waals surface area (Å²) in [5.74, 6) is 0. The van der Waals surface area contributed by atoms with E-state index in [-0.39, 0.29) is 0 Å². The summed E-state index contributed by atoms with van der Waals surface area (Å²) in [7, 11) is 0. The minimum absolute atomic E-state index is 0.449. The number of thiophene rings is 1. The fourth-order valence-corrected chi connectivity index (χ4v) is 13.4. The summed E-state index contributed by atoms with van der Waals surface area (Å²) in [5, 5.41) is 10.2. The lowest BCUT2D eigenvalue weighted by Crippen LogP contribution is -2.26. The van der Waals surface area contributed by atoms with Crippen LogP contribution < -0.4 is 4.90 Å². The maximum Gasteiger partial charge on any atom is 0.0726 e. The number of rotatable bonds is 5. The second-order valence-corrected chi connectivity index (χ2v) is 19.8. The van der Waals surface area contributed by atoms with E-state index in [2.05, 4.69) is 254 Å². The zero-order chi connectivity index (χ0) is 45.2. The van der Waals surface area contributed by atoms with Gasteiger partial charge >= 0.3 is 0 Å². The minimum Gasteiger partial charge on any atom is -0.310 e. The lowest BCUT2D eigenvalue weighted by Gasteiger charge is -2.32. The van der Waals surface area contributed by atoms with E-state index in [1.54, 1.807) is 0 Å². The van der Waals surface area contributed by atoms with Crippen LogP contribution in [0.3, 0.4) is 0 Å². The first-order valence-corrected chi connectivity index (χ1v) is 24.7. The molecule has 0 radical (unpaired) electrons. The van der Waals surface area contributed by atoms with Crippen molar-refractivity contribution in [3.8, 4) is 44.5 Å². The Balaban J connectivity index is 0.935. The van der Waals surface area contributed by atoms with Gasteiger partial charge in [-0.2, -0.15) is 0 Å². The van der Waals surface area contributed by atoms with Crippen LogP contribution in [-0.2, 0) is 5.41 Å². The number of benzene rings is 12. The Hall–Kier alpha value is -8.56. The summed E-state index contributed by atoms with van der Waals surface area (Å²) < 4.78 is 2.65. The molecule has 1 heterocycles. The molecule has 0 saturated carbocycles. The Labute approximate surface area is 404 Å². The highest BCUT2D eigenvalue weighted by Gasteiger charge is 2.52. The fourth-order valence-electron chi connectivity index (χ4n) is 12.4. The van der Waals surface area contributed by atoms with Gasteiger partial charge in [-0.1, -0.05) is 194 Å². The van der Waals surface area contributed by atoms with E-state index in [1.807, 2.05) is 11.3 Å². The lowest BCUT2D eigenvalue weighted by atomic mass is 9.70. The highest BCUT2D eigenvalue weighted by Crippen LogP contribution is 2.64. The second-order valence-electron chi connectivity index (χ2n) is 18.7. The molecule has 320 valence electrons.